The van der Waals surface area contributed by atoms with Crippen LogP contribution in [0.15, 0.2) is 96.3 Å². The molecule has 0 saturated carbocycles. The van der Waals surface area contributed by atoms with Crippen molar-refractivity contribution in [2.75, 3.05) is 5.32 Å². The smallest absolute Gasteiger partial charge is 0.255 e. The van der Waals surface area contributed by atoms with Gasteiger partial charge in [0.05, 0.1) is 5.57 Å². The van der Waals surface area contributed by atoms with Gasteiger partial charge in [-0.15, -0.1) is 0 Å². The number of anilines is 1. The molecule has 0 aromatic heterocycles. The van der Waals surface area contributed by atoms with Crippen LogP contribution in [0.4, 0.5) is 5.69 Å². The average molecular weight is 371 g/mol. The second-order valence-corrected chi connectivity index (χ2v) is 6.79. The van der Waals surface area contributed by atoms with E-state index in [1.165, 1.54) is 0 Å². The molecule has 0 aliphatic carbocycles. The molecule has 0 spiro atoms. The minimum Gasteiger partial charge on any atom is -0.493 e. The van der Waals surface area contributed by atoms with E-state index in [0.29, 0.717) is 24.4 Å². The quantitative estimate of drug-likeness (QED) is 0.429. The second-order valence-electron chi connectivity index (χ2n) is 6.79. The molecule has 1 amide bonds. The molecule has 3 nitrogen and oxygen atoms in total. The Morgan fingerprint density at radius 3 is 2.00 bits per heavy atom. The summed E-state index contributed by atoms with van der Waals surface area (Å²) in [6.45, 7) is 4.31. The van der Waals surface area contributed by atoms with Crippen molar-refractivity contribution < 1.29 is 9.53 Å². The summed E-state index contributed by atoms with van der Waals surface area (Å²) >= 11 is 0. The van der Waals surface area contributed by atoms with Crippen LogP contribution < -0.4 is 5.32 Å². The largest absolute Gasteiger partial charge is 0.493 e. The number of nitrogens with one attached hydrogen (secondary N) is 1. The summed E-state index contributed by atoms with van der Waals surface area (Å²) in [7, 11) is 0. The van der Waals surface area contributed by atoms with Crippen LogP contribution in [0.3, 0.4) is 0 Å². The lowest BCUT2D eigenvalue weighted by Crippen LogP contribution is -2.18. The molecule has 3 aromatic rings. The van der Waals surface area contributed by atoms with Gasteiger partial charge in [0, 0.05) is 12.1 Å². The Kier molecular flexibility index (Phi) is 6.64. The number of carbonyl (C=O) groups is 1. The monoisotopic (exact) mass is 371 g/mol. The molecule has 28 heavy (non-hydrogen) atoms. The van der Waals surface area contributed by atoms with Crippen LogP contribution in [0, 0.1) is 6.92 Å². The first kappa shape index (κ1) is 19.4. The highest BCUT2D eigenvalue weighted by molar-refractivity contribution is 6.04. The Balaban J connectivity index is 1.80. The number of rotatable bonds is 7. The van der Waals surface area contributed by atoms with E-state index in [9.17, 15) is 4.79 Å². The Labute approximate surface area is 166 Å². The molecule has 0 radical (unpaired) electrons. The molecule has 0 unspecified atom stereocenters. The van der Waals surface area contributed by atoms with Crippen LogP contribution >= 0.6 is 0 Å². The van der Waals surface area contributed by atoms with Gasteiger partial charge < -0.3 is 10.1 Å². The van der Waals surface area contributed by atoms with Crippen molar-refractivity contribution in [3.63, 3.8) is 0 Å². The molecule has 0 heterocycles. The van der Waals surface area contributed by atoms with Crippen molar-refractivity contribution in [2.45, 2.75) is 26.9 Å². The van der Waals surface area contributed by atoms with E-state index in [2.05, 4.69) is 5.32 Å². The van der Waals surface area contributed by atoms with Crippen LogP contribution in [-0.4, -0.2) is 5.91 Å². The Bertz CT molecular complexity index is 929. The number of allylic oxidation sites excluding steroid dienone is 1. The summed E-state index contributed by atoms with van der Waals surface area (Å²) in [5, 5.41) is 2.99. The highest BCUT2D eigenvalue weighted by Crippen LogP contribution is 2.18. The zero-order chi connectivity index (χ0) is 19.8. The first-order chi connectivity index (χ1) is 13.6. The number of ether oxygens (including phenoxy) is 1. The molecule has 3 aromatic carbocycles. The number of hydrogen-bond donors (Lipinski definition) is 1. The number of carbonyl (C=O) groups excluding carboxylic acids is 1. The minimum absolute atomic E-state index is 0.140. The Morgan fingerprint density at radius 2 is 1.39 bits per heavy atom. The summed E-state index contributed by atoms with van der Waals surface area (Å²) in [5.41, 5.74) is 4.69. The summed E-state index contributed by atoms with van der Waals surface area (Å²) < 4.78 is 5.96. The zero-order valence-electron chi connectivity index (χ0n) is 16.3. The van der Waals surface area contributed by atoms with Crippen LogP contribution in [0.5, 0.6) is 0 Å². The van der Waals surface area contributed by atoms with Gasteiger partial charge in [0.2, 0.25) is 0 Å². The maximum atomic E-state index is 13.0. The van der Waals surface area contributed by atoms with Crippen molar-refractivity contribution >= 4 is 11.6 Å². The zero-order valence-corrected chi connectivity index (χ0v) is 16.3. The molecule has 3 rings (SSSR count). The average Bonchev–Trinajstić information content (AvgIpc) is 2.73. The van der Waals surface area contributed by atoms with Gasteiger partial charge >= 0.3 is 0 Å². The maximum absolute atomic E-state index is 13.0. The van der Waals surface area contributed by atoms with Crippen molar-refractivity contribution in [1.29, 1.82) is 0 Å². The molecule has 0 atom stereocenters. The third-order valence-corrected chi connectivity index (χ3v) is 4.53. The first-order valence-corrected chi connectivity index (χ1v) is 9.40. The lowest BCUT2D eigenvalue weighted by atomic mass is 10.0. The lowest BCUT2D eigenvalue weighted by molar-refractivity contribution is -0.113. The van der Waals surface area contributed by atoms with E-state index in [1.807, 2.05) is 98.8 Å². The van der Waals surface area contributed by atoms with Gasteiger partial charge in [0.15, 0.2) is 0 Å². The van der Waals surface area contributed by atoms with Gasteiger partial charge in [-0.1, -0.05) is 78.4 Å². The van der Waals surface area contributed by atoms with E-state index >= 15 is 0 Å². The normalized spacial score (nSPS) is 11.5. The fraction of sp³-hybridized carbons (Fsp3) is 0.160. The lowest BCUT2D eigenvalue weighted by Gasteiger charge is -2.15. The van der Waals surface area contributed by atoms with Gasteiger partial charge in [-0.2, -0.15) is 0 Å². The van der Waals surface area contributed by atoms with E-state index in [4.69, 9.17) is 4.74 Å². The minimum atomic E-state index is -0.140. The number of aryl methyl sites for hydroxylation is 1. The van der Waals surface area contributed by atoms with Crippen molar-refractivity contribution in [2.24, 2.45) is 0 Å². The molecule has 0 saturated heterocycles. The molecule has 0 aliphatic rings. The second kappa shape index (κ2) is 9.56. The van der Waals surface area contributed by atoms with Crippen LogP contribution in [0.1, 0.15) is 23.6 Å². The van der Waals surface area contributed by atoms with Crippen LogP contribution in [0.25, 0.3) is 0 Å². The summed E-state index contributed by atoms with van der Waals surface area (Å²) in [5.74, 6) is 0.496. The predicted molar refractivity (Wildman–Crippen MR) is 114 cm³/mol. The van der Waals surface area contributed by atoms with Gasteiger partial charge in [0.1, 0.15) is 12.4 Å². The van der Waals surface area contributed by atoms with Crippen molar-refractivity contribution in [1.82, 2.24) is 0 Å². The van der Waals surface area contributed by atoms with Crippen LogP contribution in [-0.2, 0) is 22.6 Å². The molecule has 0 aliphatic heterocycles. The first-order valence-electron chi connectivity index (χ1n) is 9.40. The standard InChI is InChI=1S/C25H25NO2/c1-19-13-15-23(16-14-19)26-25(27)24(17-21-9-5-3-6-10-21)20(2)28-18-22-11-7-4-8-12-22/h3-16H,17-18H2,1-2H3,(H,26,27)/b24-20+. The van der Waals surface area contributed by atoms with E-state index in [-0.39, 0.29) is 5.91 Å². The molecule has 142 valence electrons. The van der Waals surface area contributed by atoms with Crippen molar-refractivity contribution in [3.05, 3.63) is 113 Å². The SMILES string of the molecule is C/C(OCc1ccccc1)=C(/Cc1ccccc1)C(=O)Nc1ccc(C)cc1. The topological polar surface area (TPSA) is 38.3 Å². The van der Waals surface area contributed by atoms with Gasteiger partial charge in [-0.05, 0) is 37.1 Å². The van der Waals surface area contributed by atoms with E-state index < -0.39 is 0 Å². The molecule has 1 N–H and O–H groups in total. The number of benzene rings is 3. The van der Waals surface area contributed by atoms with E-state index in [1.54, 1.807) is 0 Å². The molecule has 3 heteroatoms. The maximum Gasteiger partial charge on any atom is 0.255 e. The predicted octanol–water partition coefficient (Wildman–Crippen LogP) is 5.67. The fourth-order valence-corrected chi connectivity index (χ4v) is 2.86. The summed E-state index contributed by atoms with van der Waals surface area (Å²) in [6, 6.07) is 27.7. The molecule has 0 bridgehead atoms. The number of hydrogen-bond acceptors (Lipinski definition) is 2. The molecule has 0 fully saturated rings. The molecular weight excluding hydrogens is 346 g/mol. The summed E-state index contributed by atoms with van der Waals surface area (Å²) in [4.78, 5) is 13.0. The van der Waals surface area contributed by atoms with E-state index in [0.717, 1.165) is 22.4 Å². The fourth-order valence-electron chi connectivity index (χ4n) is 2.86. The molecular formula is C25H25NO2. The van der Waals surface area contributed by atoms with Crippen molar-refractivity contribution in [3.8, 4) is 0 Å². The van der Waals surface area contributed by atoms with Gasteiger partial charge in [-0.3, -0.25) is 4.79 Å². The van der Waals surface area contributed by atoms with Gasteiger partial charge in [-0.25, -0.2) is 0 Å². The van der Waals surface area contributed by atoms with Crippen LogP contribution in [0.2, 0.25) is 0 Å². The third kappa shape index (κ3) is 5.58. The highest BCUT2D eigenvalue weighted by atomic mass is 16.5. The number of amides is 1. The highest BCUT2D eigenvalue weighted by Gasteiger charge is 2.16. The summed E-state index contributed by atoms with van der Waals surface area (Å²) in [6.07, 6.45) is 0.513. The Hall–Kier alpha value is -3.33. The Morgan fingerprint density at radius 1 is 0.821 bits per heavy atom. The third-order valence-electron chi connectivity index (χ3n) is 4.53. The van der Waals surface area contributed by atoms with Gasteiger partial charge in [0.25, 0.3) is 5.91 Å².